The Morgan fingerprint density at radius 2 is 2.08 bits per heavy atom. The van der Waals surface area contributed by atoms with Crippen molar-refractivity contribution in [3.63, 3.8) is 0 Å². The third-order valence-electron chi connectivity index (χ3n) is 3.49. The van der Waals surface area contributed by atoms with E-state index in [0.29, 0.717) is 17.2 Å². The minimum absolute atomic E-state index is 0.165. The van der Waals surface area contributed by atoms with Gasteiger partial charge in [0.15, 0.2) is 0 Å². The molecule has 0 saturated carbocycles. The van der Waals surface area contributed by atoms with Gasteiger partial charge in [-0.1, -0.05) is 0 Å². The van der Waals surface area contributed by atoms with Crippen LogP contribution in [0.2, 0.25) is 0 Å². The quantitative estimate of drug-likeness (QED) is 0.754. The van der Waals surface area contributed by atoms with Crippen LogP contribution in [-0.2, 0) is 0 Å². The number of hydrogen-bond acceptors (Lipinski definition) is 5. The molecule has 0 fully saturated rings. The van der Waals surface area contributed by atoms with Crippen molar-refractivity contribution in [3.8, 4) is 5.75 Å². The van der Waals surface area contributed by atoms with Crippen LogP contribution in [-0.4, -0.2) is 23.0 Å². The standard InChI is InChI=1S/C18H21N3O2S/c1-5-23-11-6-7-13-10(8-11)9-12-14(19)15(24-17(12)20-13)16(22)21-18(2,3)4/h6-9H,5,19H2,1-4H3,(H,21,22). The van der Waals surface area contributed by atoms with Gasteiger partial charge in [-0.15, -0.1) is 11.3 Å². The second-order valence-electron chi connectivity index (χ2n) is 6.68. The number of anilines is 1. The first kappa shape index (κ1) is 16.5. The van der Waals surface area contributed by atoms with Gasteiger partial charge in [-0.3, -0.25) is 4.79 Å². The monoisotopic (exact) mass is 343 g/mol. The van der Waals surface area contributed by atoms with Crippen LogP contribution in [0.5, 0.6) is 5.75 Å². The maximum absolute atomic E-state index is 12.5. The van der Waals surface area contributed by atoms with Crippen LogP contribution in [0.15, 0.2) is 24.3 Å². The number of carbonyl (C=O) groups is 1. The molecule has 24 heavy (non-hydrogen) atoms. The maximum atomic E-state index is 12.5. The Bertz CT molecular complexity index is 925. The van der Waals surface area contributed by atoms with E-state index in [9.17, 15) is 4.79 Å². The smallest absolute Gasteiger partial charge is 0.263 e. The molecule has 0 atom stereocenters. The average molecular weight is 343 g/mol. The molecule has 2 heterocycles. The Morgan fingerprint density at radius 3 is 2.75 bits per heavy atom. The highest BCUT2D eigenvalue weighted by atomic mass is 32.1. The number of pyridine rings is 1. The maximum Gasteiger partial charge on any atom is 0.263 e. The average Bonchev–Trinajstić information content (AvgIpc) is 2.80. The van der Waals surface area contributed by atoms with Crippen LogP contribution in [0.25, 0.3) is 21.1 Å². The molecule has 1 amide bonds. The molecular weight excluding hydrogens is 322 g/mol. The molecule has 0 radical (unpaired) electrons. The summed E-state index contributed by atoms with van der Waals surface area (Å²) in [5.41, 5.74) is 7.25. The van der Waals surface area contributed by atoms with Crippen LogP contribution < -0.4 is 15.8 Å². The van der Waals surface area contributed by atoms with Crippen molar-refractivity contribution in [2.75, 3.05) is 12.3 Å². The number of fused-ring (bicyclic) bond motifs is 2. The fraction of sp³-hybridized carbons (Fsp3) is 0.333. The molecule has 3 rings (SSSR count). The number of nitrogen functional groups attached to an aromatic ring is 1. The van der Waals surface area contributed by atoms with Gasteiger partial charge >= 0.3 is 0 Å². The Hall–Kier alpha value is -2.34. The van der Waals surface area contributed by atoms with E-state index in [1.807, 2.05) is 52.0 Å². The van der Waals surface area contributed by atoms with E-state index in [-0.39, 0.29) is 11.4 Å². The lowest BCUT2D eigenvalue weighted by Crippen LogP contribution is -2.40. The second-order valence-corrected chi connectivity index (χ2v) is 7.68. The fourth-order valence-electron chi connectivity index (χ4n) is 2.50. The van der Waals surface area contributed by atoms with Crippen LogP contribution in [0.4, 0.5) is 5.69 Å². The van der Waals surface area contributed by atoms with Crippen molar-refractivity contribution < 1.29 is 9.53 Å². The topological polar surface area (TPSA) is 77.2 Å². The third-order valence-corrected chi connectivity index (χ3v) is 4.60. The lowest BCUT2D eigenvalue weighted by Gasteiger charge is -2.19. The predicted octanol–water partition coefficient (Wildman–Crippen LogP) is 3.96. The number of benzene rings is 1. The zero-order valence-electron chi connectivity index (χ0n) is 14.3. The van der Waals surface area contributed by atoms with E-state index in [1.54, 1.807) is 0 Å². The van der Waals surface area contributed by atoms with Crippen LogP contribution in [0.1, 0.15) is 37.4 Å². The Labute approximate surface area is 144 Å². The molecule has 6 heteroatoms. The Balaban J connectivity index is 2.10. The minimum Gasteiger partial charge on any atom is -0.494 e. The predicted molar refractivity (Wildman–Crippen MR) is 99.9 cm³/mol. The summed E-state index contributed by atoms with van der Waals surface area (Å²) in [6, 6.07) is 7.73. The summed E-state index contributed by atoms with van der Waals surface area (Å²) in [6.07, 6.45) is 0. The summed E-state index contributed by atoms with van der Waals surface area (Å²) in [5, 5.41) is 4.70. The van der Waals surface area contributed by atoms with Gasteiger partial charge in [-0.05, 0) is 52.0 Å². The zero-order valence-corrected chi connectivity index (χ0v) is 15.1. The number of aromatic nitrogens is 1. The van der Waals surface area contributed by atoms with E-state index in [2.05, 4.69) is 10.3 Å². The number of hydrogen-bond donors (Lipinski definition) is 2. The van der Waals surface area contributed by atoms with Gasteiger partial charge in [-0.2, -0.15) is 0 Å². The molecule has 1 aromatic carbocycles. The second kappa shape index (κ2) is 5.94. The zero-order chi connectivity index (χ0) is 17.5. The van der Waals surface area contributed by atoms with Gasteiger partial charge in [0.25, 0.3) is 5.91 Å². The molecule has 0 aliphatic rings. The molecule has 0 bridgehead atoms. The van der Waals surface area contributed by atoms with Crippen molar-refractivity contribution >= 4 is 44.1 Å². The number of nitrogens with zero attached hydrogens (tertiary/aromatic N) is 1. The largest absolute Gasteiger partial charge is 0.494 e. The van der Waals surface area contributed by atoms with Crippen molar-refractivity contribution in [2.45, 2.75) is 33.2 Å². The van der Waals surface area contributed by atoms with E-state index in [0.717, 1.165) is 26.9 Å². The number of carbonyl (C=O) groups excluding carboxylic acids is 1. The van der Waals surface area contributed by atoms with Crippen molar-refractivity contribution in [1.82, 2.24) is 10.3 Å². The molecule has 5 nitrogen and oxygen atoms in total. The van der Waals surface area contributed by atoms with E-state index >= 15 is 0 Å². The highest BCUT2D eigenvalue weighted by Crippen LogP contribution is 2.35. The van der Waals surface area contributed by atoms with Gasteiger partial charge in [0, 0.05) is 16.3 Å². The summed E-state index contributed by atoms with van der Waals surface area (Å²) in [4.78, 5) is 18.4. The van der Waals surface area contributed by atoms with Crippen LogP contribution in [0.3, 0.4) is 0 Å². The molecule has 2 aromatic heterocycles. The highest BCUT2D eigenvalue weighted by molar-refractivity contribution is 7.21. The molecule has 3 aromatic rings. The Kier molecular flexibility index (Phi) is 4.09. The highest BCUT2D eigenvalue weighted by Gasteiger charge is 2.21. The minimum atomic E-state index is -0.315. The van der Waals surface area contributed by atoms with Gasteiger partial charge in [0.2, 0.25) is 0 Å². The molecule has 0 unspecified atom stereocenters. The van der Waals surface area contributed by atoms with Crippen LogP contribution >= 0.6 is 11.3 Å². The molecule has 0 spiro atoms. The SMILES string of the molecule is CCOc1ccc2nc3sc(C(=O)NC(C)(C)C)c(N)c3cc2c1. The number of amides is 1. The number of nitrogens with one attached hydrogen (secondary N) is 1. The van der Waals surface area contributed by atoms with Gasteiger partial charge in [0.05, 0.1) is 17.8 Å². The first-order chi connectivity index (χ1) is 11.3. The summed E-state index contributed by atoms with van der Waals surface area (Å²) >= 11 is 1.32. The van der Waals surface area contributed by atoms with Crippen LogP contribution in [0, 0.1) is 0 Å². The molecule has 126 valence electrons. The van der Waals surface area contributed by atoms with E-state index in [1.165, 1.54) is 11.3 Å². The third kappa shape index (κ3) is 3.14. The number of ether oxygens (including phenoxy) is 1. The first-order valence-corrected chi connectivity index (χ1v) is 8.68. The van der Waals surface area contributed by atoms with E-state index in [4.69, 9.17) is 10.5 Å². The summed E-state index contributed by atoms with van der Waals surface area (Å²) < 4.78 is 5.53. The van der Waals surface area contributed by atoms with Gasteiger partial charge in [0.1, 0.15) is 15.5 Å². The molecule has 0 aliphatic carbocycles. The summed E-state index contributed by atoms with van der Waals surface area (Å²) in [5.74, 6) is 0.632. The van der Waals surface area contributed by atoms with Crippen molar-refractivity contribution in [1.29, 1.82) is 0 Å². The van der Waals surface area contributed by atoms with Gasteiger partial charge in [-0.25, -0.2) is 4.98 Å². The van der Waals surface area contributed by atoms with Crippen molar-refractivity contribution in [2.24, 2.45) is 0 Å². The molecule has 0 aliphatic heterocycles. The van der Waals surface area contributed by atoms with Crippen molar-refractivity contribution in [3.05, 3.63) is 29.1 Å². The van der Waals surface area contributed by atoms with Gasteiger partial charge < -0.3 is 15.8 Å². The molecule has 3 N–H and O–H groups in total. The lowest BCUT2D eigenvalue weighted by molar-refractivity contribution is 0.0924. The number of thiophene rings is 1. The first-order valence-electron chi connectivity index (χ1n) is 7.86. The number of nitrogens with two attached hydrogens (primary N) is 1. The Morgan fingerprint density at radius 1 is 1.33 bits per heavy atom. The molecule has 0 saturated heterocycles. The number of rotatable bonds is 3. The normalized spacial score (nSPS) is 11.8. The summed E-state index contributed by atoms with van der Waals surface area (Å²) in [6.45, 7) is 8.38. The summed E-state index contributed by atoms with van der Waals surface area (Å²) in [7, 11) is 0. The fourth-order valence-corrected chi connectivity index (χ4v) is 3.48. The molecular formula is C18H21N3O2S. The lowest BCUT2D eigenvalue weighted by atomic mass is 10.1. The van der Waals surface area contributed by atoms with E-state index < -0.39 is 0 Å².